The second-order valence-electron chi connectivity index (χ2n) is 1.14. The first-order valence-electron chi connectivity index (χ1n) is 1.93. The molecule has 0 aliphatic rings. The van der Waals surface area contributed by atoms with Crippen LogP contribution >= 0.6 is 11.3 Å². The van der Waals surface area contributed by atoms with E-state index in [1.165, 1.54) is 6.20 Å². The normalized spacial score (nSPS) is 6.55. The van der Waals surface area contributed by atoms with Crippen LogP contribution in [0.4, 0.5) is 0 Å². The Labute approximate surface area is 82.8 Å². The number of nitrogens with zero attached hydrogens (tertiary/aromatic N) is 1. The molecule has 0 saturated heterocycles. The van der Waals surface area contributed by atoms with Gasteiger partial charge in [-0.25, -0.2) is 9.78 Å². The fraction of sp³-hybridized carbons (Fsp3) is 0. The second kappa shape index (κ2) is 7.89. The molecule has 7 heteroatoms. The maximum Gasteiger partial charge on any atom is 2.00 e. The third-order valence-corrected chi connectivity index (χ3v) is 1.38. The van der Waals surface area contributed by atoms with Crippen molar-refractivity contribution in [2.75, 3.05) is 0 Å². The molecule has 11 heavy (non-hydrogen) atoms. The summed E-state index contributed by atoms with van der Waals surface area (Å²) in [6.07, 6.45) is 1.47. The van der Waals surface area contributed by atoms with Crippen molar-refractivity contribution in [3.63, 3.8) is 0 Å². The van der Waals surface area contributed by atoms with Crippen LogP contribution in [-0.4, -0.2) is 50.1 Å². The van der Waals surface area contributed by atoms with E-state index in [0.717, 1.165) is 11.3 Å². The van der Waals surface area contributed by atoms with Gasteiger partial charge >= 0.3 is 29.0 Å². The van der Waals surface area contributed by atoms with Gasteiger partial charge in [-0.05, 0) is 0 Å². The molecule has 3 N–H and O–H groups in total. The maximum atomic E-state index is 10.0. The van der Waals surface area contributed by atoms with E-state index >= 15 is 0 Å². The Balaban J connectivity index is -0.000000213. The van der Waals surface area contributed by atoms with Crippen molar-refractivity contribution in [1.82, 2.24) is 4.98 Å². The predicted octanol–water partition coefficient (Wildman–Crippen LogP) is 0.107. The average Bonchev–Trinajstić information content (AvgIpc) is 2.12. The van der Waals surface area contributed by atoms with Gasteiger partial charge in [0.15, 0.2) is 0 Å². The number of hydrogen-bond donors (Lipinski definition) is 1. The third-order valence-electron chi connectivity index (χ3n) is 0.615. The Morgan fingerprint density at radius 1 is 1.55 bits per heavy atom. The van der Waals surface area contributed by atoms with Crippen LogP contribution in [-0.2, 0) is 0 Å². The summed E-state index contributed by atoms with van der Waals surface area (Å²) >= 11 is 1.12. The summed E-state index contributed by atoms with van der Waals surface area (Å²) < 4.78 is 0. The molecule has 0 aliphatic heterocycles. The van der Waals surface area contributed by atoms with Gasteiger partial charge in [-0.3, -0.25) is 0 Å². The summed E-state index contributed by atoms with van der Waals surface area (Å²) in [4.78, 5) is 13.5. The van der Waals surface area contributed by atoms with Gasteiger partial charge in [0.1, 0.15) is 0 Å². The van der Waals surface area contributed by atoms with E-state index in [1.807, 2.05) is 0 Å². The molecule has 58 valence electrons. The maximum absolute atomic E-state index is 10.0. The van der Waals surface area contributed by atoms with Gasteiger partial charge in [0.05, 0.1) is 0 Å². The zero-order chi connectivity index (χ0) is 5.98. The Kier molecular flexibility index (Phi) is 12.2. The van der Waals surface area contributed by atoms with Crippen LogP contribution < -0.4 is 0 Å². The second-order valence-corrected chi connectivity index (χ2v) is 2.04. The molecule has 0 saturated carbocycles. The van der Waals surface area contributed by atoms with Crippen LogP contribution in [0, 0.1) is 0 Å². The van der Waals surface area contributed by atoms with Crippen molar-refractivity contribution in [2.45, 2.75) is 0 Å². The molecular formula is C4H5MgNO4S. The van der Waals surface area contributed by atoms with E-state index in [0.29, 0.717) is 0 Å². The Morgan fingerprint density at radius 2 is 2.09 bits per heavy atom. The summed E-state index contributed by atoms with van der Waals surface area (Å²) in [6.45, 7) is 0. The molecule has 0 spiro atoms. The van der Waals surface area contributed by atoms with E-state index in [-0.39, 0.29) is 39.0 Å². The van der Waals surface area contributed by atoms with E-state index in [4.69, 9.17) is 5.11 Å². The number of hydrogen-bond acceptors (Lipinski definition) is 5. The van der Waals surface area contributed by atoms with Gasteiger partial charge in [0.25, 0.3) is 0 Å². The molecule has 0 bridgehead atoms. The monoisotopic (exact) mass is 187 g/mol. The van der Waals surface area contributed by atoms with E-state index < -0.39 is 5.97 Å². The fourth-order valence-corrected chi connectivity index (χ4v) is 0.802. The predicted molar refractivity (Wildman–Crippen MR) is 38.7 cm³/mol. The molecule has 0 aliphatic carbocycles. The Hall–Kier alpha value is -0.214. The van der Waals surface area contributed by atoms with Gasteiger partial charge in [-0.1, -0.05) is 0 Å². The van der Waals surface area contributed by atoms with Gasteiger partial charge in [-0.2, -0.15) is 0 Å². The molecule has 0 unspecified atom stereocenters. The minimum absolute atomic E-state index is 0. The minimum atomic E-state index is -0.958. The van der Waals surface area contributed by atoms with Crippen LogP contribution in [0.5, 0.6) is 0 Å². The summed E-state index contributed by atoms with van der Waals surface area (Å²) in [5, 5.41) is 9.99. The standard InChI is InChI=1S/C4H3NO2S.Mg.2H2O/c6-4(7)3-5-1-2-8-3;;;/h1-2H,(H,6,7);;2*1H2/q;+2;;/p-2. The van der Waals surface area contributed by atoms with Crippen LogP contribution in [0.15, 0.2) is 11.6 Å². The van der Waals surface area contributed by atoms with Crippen LogP contribution in [0.3, 0.4) is 0 Å². The largest absolute Gasteiger partial charge is 2.00 e. The van der Waals surface area contributed by atoms with Gasteiger partial charge < -0.3 is 16.1 Å². The van der Waals surface area contributed by atoms with Crippen molar-refractivity contribution >= 4 is 40.4 Å². The summed E-state index contributed by atoms with van der Waals surface area (Å²) in [5.74, 6) is -0.958. The van der Waals surface area contributed by atoms with Gasteiger partial charge in [0, 0.05) is 11.6 Å². The number of thiazole rings is 1. The van der Waals surface area contributed by atoms with Crippen LogP contribution in [0.2, 0.25) is 0 Å². The molecule has 1 aromatic rings. The quantitative estimate of drug-likeness (QED) is 0.627. The summed E-state index contributed by atoms with van der Waals surface area (Å²) in [6, 6.07) is 0. The number of rotatable bonds is 1. The zero-order valence-electron chi connectivity index (χ0n) is 5.47. The average molecular weight is 187 g/mol. The van der Waals surface area contributed by atoms with Crippen molar-refractivity contribution < 1.29 is 20.9 Å². The first-order chi connectivity index (χ1) is 3.80. The molecular weight excluding hydrogens is 182 g/mol. The van der Waals surface area contributed by atoms with Crippen molar-refractivity contribution in [3.05, 3.63) is 16.6 Å². The third kappa shape index (κ3) is 5.10. The molecule has 1 heterocycles. The molecule has 1 rings (SSSR count). The molecule has 0 fully saturated rings. The van der Waals surface area contributed by atoms with E-state index in [1.54, 1.807) is 5.38 Å². The van der Waals surface area contributed by atoms with Gasteiger partial charge in [0.2, 0.25) is 5.01 Å². The van der Waals surface area contributed by atoms with Crippen molar-refractivity contribution in [2.24, 2.45) is 0 Å². The summed E-state index contributed by atoms with van der Waals surface area (Å²) in [5.41, 5.74) is 0. The topological polar surface area (TPSA) is 110 Å². The van der Waals surface area contributed by atoms with E-state index in [9.17, 15) is 4.79 Å². The molecule has 0 aromatic carbocycles. The Morgan fingerprint density at radius 3 is 2.27 bits per heavy atom. The molecule has 0 amide bonds. The summed E-state index contributed by atoms with van der Waals surface area (Å²) in [7, 11) is 0. The SMILES string of the molecule is O=C(O)c1nccs1.[Mg+2].[OH-].[OH-]. The molecule has 1 aromatic heterocycles. The number of carbonyl (C=O) groups is 1. The van der Waals surface area contributed by atoms with Crippen molar-refractivity contribution in [3.8, 4) is 0 Å². The van der Waals surface area contributed by atoms with E-state index in [2.05, 4.69) is 4.98 Å². The fourth-order valence-electron chi connectivity index (χ4n) is 0.329. The first-order valence-corrected chi connectivity index (χ1v) is 2.81. The molecule has 5 nitrogen and oxygen atoms in total. The number of aromatic nitrogens is 1. The smallest absolute Gasteiger partial charge is 0.870 e. The van der Waals surface area contributed by atoms with Crippen LogP contribution in [0.1, 0.15) is 9.80 Å². The molecule has 0 atom stereocenters. The van der Waals surface area contributed by atoms with Crippen molar-refractivity contribution in [1.29, 1.82) is 0 Å². The molecule has 0 radical (unpaired) electrons. The number of carboxylic acids is 1. The van der Waals surface area contributed by atoms with Gasteiger partial charge in [-0.15, -0.1) is 11.3 Å². The zero-order valence-corrected chi connectivity index (χ0v) is 7.70. The van der Waals surface area contributed by atoms with Crippen LogP contribution in [0.25, 0.3) is 0 Å². The number of carboxylic acid groups (broad SMARTS) is 1. The Bertz CT molecular complexity index is 190. The first kappa shape index (κ1) is 17.0. The minimum Gasteiger partial charge on any atom is -0.870 e. The number of aromatic carboxylic acids is 1.